The minimum Gasteiger partial charge on any atom is -0.491 e. The van der Waals surface area contributed by atoms with E-state index in [1.807, 2.05) is 6.92 Å². The number of carbonyl (C=O) groups is 2. The minimum absolute atomic E-state index is 0.0480. The molecule has 0 aliphatic carbocycles. The van der Waals surface area contributed by atoms with Gasteiger partial charge in [0.05, 0.1) is 43.4 Å². The van der Waals surface area contributed by atoms with E-state index in [1.165, 1.54) is 10.8 Å². The summed E-state index contributed by atoms with van der Waals surface area (Å²) in [6.45, 7) is 0.0828. The van der Waals surface area contributed by atoms with Gasteiger partial charge < -0.3 is 64.2 Å². The fourth-order valence-electron chi connectivity index (χ4n) is 5.60. The molecule has 65 heavy (non-hydrogen) atoms. The molecular formula is C32H43N12O18P3. The smallest absolute Gasteiger partial charge is 0.490 e. The number of unbranched alkanes of at least 4 members (excludes halogenated alkanes) is 1. The lowest BCUT2D eigenvalue weighted by atomic mass is 10.2. The van der Waals surface area contributed by atoms with Gasteiger partial charge in [0.25, 0.3) is 11.5 Å². The van der Waals surface area contributed by atoms with Crippen LogP contribution < -0.4 is 26.7 Å². The molecule has 3 unspecified atom stereocenters. The highest BCUT2D eigenvalue weighted by Gasteiger charge is 2.44. The zero-order valence-electron chi connectivity index (χ0n) is 34.0. The van der Waals surface area contributed by atoms with Crippen molar-refractivity contribution in [3.63, 3.8) is 0 Å². The van der Waals surface area contributed by atoms with E-state index in [0.29, 0.717) is 17.9 Å². The van der Waals surface area contributed by atoms with Crippen LogP contribution in [0.2, 0.25) is 0 Å². The molecule has 0 saturated carbocycles. The third-order valence-electron chi connectivity index (χ3n) is 8.27. The number of anilines is 1. The predicted octanol–water partition coefficient (Wildman–Crippen LogP) is 2.34. The maximum Gasteiger partial charge on any atom is 0.490 e. The summed E-state index contributed by atoms with van der Waals surface area (Å²) in [5.41, 5.74) is 23.2. The monoisotopic (exact) mass is 976 g/mol. The number of H-pyrrole nitrogens is 1. The summed E-state index contributed by atoms with van der Waals surface area (Å²) < 4.78 is 76.5. The maximum atomic E-state index is 13.0. The van der Waals surface area contributed by atoms with E-state index in [2.05, 4.69) is 61.1 Å². The Morgan fingerprint density at radius 2 is 1.92 bits per heavy atom. The summed E-state index contributed by atoms with van der Waals surface area (Å²) in [5, 5.41) is 12.1. The van der Waals surface area contributed by atoms with Crippen molar-refractivity contribution in [2.75, 3.05) is 58.6 Å². The van der Waals surface area contributed by atoms with Crippen molar-refractivity contribution in [2.24, 2.45) is 10.2 Å². The number of ether oxygens (including phenoxy) is 5. The Morgan fingerprint density at radius 3 is 2.65 bits per heavy atom. The molecule has 1 saturated heterocycles. The van der Waals surface area contributed by atoms with Crippen molar-refractivity contribution in [1.82, 2.24) is 25.2 Å². The average Bonchev–Trinajstić information content (AvgIpc) is 3.80. The number of hydrogen-bond donors (Lipinski definition) is 8. The molecule has 33 heteroatoms. The second-order valence-corrected chi connectivity index (χ2v) is 17.4. The molecule has 1 aromatic carbocycles. The largest absolute Gasteiger partial charge is 0.491 e. The first-order valence-corrected chi connectivity index (χ1v) is 23.3. The summed E-state index contributed by atoms with van der Waals surface area (Å²) in [5.74, 6) is 4.66. The van der Waals surface area contributed by atoms with Gasteiger partial charge in [-0.3, -0.25) is 23.9 Å². The van der Waals surface area contributed by atoms with Gasteiger partial charge in [-0.2, -0.15) is 13.6 Å². The first-order chi connectivity index (χ1) is 30.8. The molecule has 1 aliphatic heterocycles. The average molecular weight is 977 g/mol. The van der Waals surface area contributed by atoms with Crippen LogP contribution in [0.4, 0.5) is 5.95 Å². The third-order valence-corrected chi connectivity index (χ3v) is 12.1. The number of hydrogen-bond acceptors (Lipinski definition) is 18. The molecule has 30 nitrogen and oxygen atoms in total. The van der Waals surface area contributed by atoms with Crippen LogP contribution in [0.15, 0.2) is 45.5 Å². The molecule has 4 rings (SSSR count). The highest BCUT2D eigenvalue weighted by Crippen LogP contribution is 2.66. The normalized spacial score (nSPS) is 18.2. The topological polar surface area (TPSA) is 438 Å². The van der Waals surface area contributed by atoms with Crippen molar-refractivity contribution in [3.05, 3.63) is 72.8 Å². The summed E-state index contributed by atoms with van der Waals surface area (Å²) in [6, 6.07) is 6.44. The van der Waals surface area contributed by atoms with Crippen molar-refractivity contribution >= 4 is 52.3 Å². The molecule has 3 heterocycles. The summed E-state index contributed by atoms with van der Waals surface area (Å²) in [4.78, 5) is 86.6. The number of aromatic nitrogens is 3. The Labute approximate surface area is 366 Å². The van der Waals surface area contributed by atoms with E-state index in [9.17, 15) is 37.9 Å². The Bertz CT molecular complexity index is 2520. The molecule has 9 N–H and O–H groups in total. The molecule has 0 bridgehead atoms. The van der Waals surface area contributed by atoms with Crippen molar-refractivity contribution in [2.45, 2.75) is 50.8 Å². The minimum atomic E-state index is -5.83. The van der Waals surface area contributed by atoms with E-state index in [1.54, 1.807) is 24.3 Å². The van der Waals surface area contributed by atoms with Gasteiger partial charge >= 0.3 is 23.5 Å². The third kappa shape index (κ3) is 17.5. The van der Waals surface area contributed by atoms with Gasteiger partial charge in [-0.25, -0.2) is 13.7 Å². The van der Waals surface area contributed by atoms with Crippen LogP contribution in [0, 0.1) is 11.8 Å². The van der Waals surface area contributed by atoms with Crippen LogP contribution in [0.3, 0.4) is 0 Å². The van der Waals surface area contributed by atoms with Crippen LogP contribution in [0.25, 0.3) is 31.9 Å². The number of amides is 2. The summed E-state index contributed by atoms with van der Waals surface area (Å²) in [6.07, 6.45) is -1.61. The van der Waals surface area contributed by atoms with Gasteiger partial charge in [0.15, 0.2) is 11.9 Å². The fraction of sp³-hybridized carbons (Fsp3) is 0.500. The van der Waals surface area contributed by atoms with Gasteiger partial charge in [-0.15, -0.1) is 0 Å². The number of nitrogen functional groups attached to an aromatic ring is 1. The number of aromatic amines is 1. The first kappa shape index (κ1) is 52.2. The lowest BCUT2D eigenvalue weighted by molar-refractivity contribution is -0.126. The molecule has 0 radical (unpaired) electrons. The van der Waals surface area contributed by atoms with Gasteiger partial charge in [-0.1, -0.05) is 41.5 Å². The number of rotatable bonds is 26. The van der Waals surface area contributed by atoms with E-state index in [4.69, 9.17) is 54.8 Å². The summed E-state index contributed by atoms with van der Waals surface area (Å²) >= 11 is 0. The number of carbonyl (C=O) groups excluding carboxylic acids is 2. The highest BCUT2D eigenvalue weighted by atomic mass is 31.3. The zero-order valence-corrected chi connectivity index (χ0v) is 36.7. The Hall–Kier alpha value is -5.39. The van der Waals surface area contributed by atoms with Crippen LogP contribution in [0.5, 0.6) is 5.75 Å². The molecule has 354 valence electrons. The Kier molecular flexibility index (Phi) is 19.9. The molecule has 1 aliphatic rings. The highest BCUT2D eigenvalue weighted by molar-refractivity contribution is 7.66. The number of fused-ring (bicyclic) bond motifs is 1. The van der Waals surface area contributed by atoms with Crippen LogP contribution in [0.1, 0.15) is 48.3 Å². The van der Waals surface area contributed by atoms with Crippen molar-refractivity contribution < 1.29 is 79.7 Å². The maximum absolute atomic E-state index is 13.0. The van der Waals surface area contributed by atoms with Gasteiger partial charge in [0.2, 0.25) is 11.9 Å². The van der Waals surface area contributed by atoms with Gasteiger partial charge in [-0.05, 0) is 35.7 Å². The van der Waals surface area contributed by atoms with Crippen molar-refractivity contribution in [1.29, 1.82) is 0 Å². The van der Waals surface area contributed by atoms with Crippen LogP contribution in [-0.2, 0) is 50.6 Å². The molecule has 2 amide bonds. The number of nitrogens with two attached hydrogens (primary N) is 1. The predicted molar refractivity (Wildman–Crippen MR) is 221 cm³/mol. The number of benzene rings is 1. The number of phosphoric acid groups is 3. The SMILES string of the molecule is CCCCNC(=O)c1cccc(OCC(N=[N+]=[N-])OCCOCC(=O)NCC#Cc2cn([C@H]3C[C@@H](OCN=[N+]=[N-])[C@@H](COP(=O)(O)OP(=O)(O)OP(=O)(O)O)O3)c3nc(N)[nH]c(=O)c23)c1. The number of nitrogens with one attached hydrogen (secondary N) is 3. The number of nitrogens with zero attached hydrogens (tertiary/aromatic N) is 8. The van der Waals surface area contributed by atoms with Crippen LogP contribution in [-0.4, -0.2) is 117 Å². The molecule has 1 fully saturated rings. The van der Waals surface area contributed by atoms with E-state index >= 15 is 0 Å². The molecule has 3 aromatic rings. The molecule has 6 atom stereocenters. The molecule has 0 spiro atoms. The number of azide groups is 2. The van der Waals surface area contributed by atoms with E-state index < -0.39 is 79.5 Å². The lowest BCUT2D eigenvalue weighted by Crippen LogP contribution is -2.29. The second kappa shape index (κ2) is 24.8. The first-order valence-electron chi connectivity index (χ1n) is 18.8. The zero-order chi connectivity index (χ0) is 47.6. The second-order valence-electron chi connectivity index (χ2n) is 13.0. The van der Waals surface area contributed by atoms with Gasteiger partial charge in [0, 0.05) is 34.5 Å². The fourth-order valence-corrected chi connectivity index (χ4v) is 8.63. The standard InChI is InChI=1S/C32H43N12O18P3/c1-2-3-9-37-30(46)20-6-4-8-22(13-20)57-18-26(41-43-35)56-12-11-55-17-25(45)36-10-5-7-21-15-44(29-28(21)31(47)40-32(33)39-29)27-14-23(58-19-38-42-34)24(60-27)16-59-64(51,52)62-65(53,54)61-63(48,49)50/h4,6,8,13,15,23-24,26-27H,2-3,9-12,14,16-19H2,1H3,(H,36,45)(H,37,46)(H,51,52)(H,53,54)(H2,48,49,50)(H3,33,39,40,47)/t23-,24-,26?,27-/m1/s1. The van der Waals surface area contributed by atoms with Crippen molar-refractivity contribution in [3.8, 4) is 17.6 Å². The van der Waals surface area contributed by atoms with Gasteiger partial charge in [0.1, 0.15) is 38.0 Å². The molecule has 2 aromatic heterocycles. The van der Waals surface area contributed by atoms with E-state index in [-0.39, 0.29) is 61.2 Å². The summed E-state index contributed by atoms with van der Waals surface area (Å²) in [7, 11) is -17.1. The van der Waals surface area contributed by atoms with Crippen LogP contribution >= 0.6 is 23.5 Å². The lowest BCUT2D eigenvalue weighted by Gasteiger charge is -2.21. The molecular weight excluding hydrogens is 933 g/mol. The number of phosphoric ester groups is 1. The van der Waals surface area contributed by atoms with E-state index in [0.717, 1.165) is 12.8 Å². The Balaban J connectivity index is 1.32. The quantitative estimate of drug-likeness (QED) is 0.0143. The Morgan fingerprint density at radius 1 is 1.14 bits per heavy atom.